The van der Waals surface area contributed by atoms with Crippen LogP contribution in [0.2, 0.25) is 0 Å². The largest absolute Gasteiger partial charge is 0.497 e. The molecule has 26 heavy (non-hydrogen) atoms. The monoisotopic (exact) mass is 341 g/mol. The van der Waals surface area contributed by atoms with Crippen molar-refractivity contribution in [1.82, 2.24) is 9.97 Å². The first-order chi connectivity index (χ1) is 12.8. The van der Waals surface area contributed by atoms with Gasteiger partial charge in [-0.25, -0.2) is 9.97 Å². The SMILES string of the molecule is COc1ccc([C@H](Nc2ncnc3ccccc23)c2ccccc2)cc1. The number of nitrogens with one attached hydrogen (secondary N) is 1. The Morgan fingerprint density at radius 1 is 0.769 bits per heavy atom. The van der Waals surface area contributed by atoms with E-state index >= 15 is 0 Å². The van der Waals surface area contributed by atoms with Crippen molar-refractivity contribution < 1.29 is 4.74 Å². The second-order valence-corrected chi connectivity index (χ2v) is 6.00. The van der Waals surface area contributed by atoms with Gasteiger partial charge in [0, 0.05) is 5.39 Å². The minimum atomic E-state index is -0.0274. The van der Waals surface area contributed by atoms with Crippen molar-refractivity contribution in [2.45, 2.75) is 6.04 Å². The van der Waals surface area contributed by atoms with E-state index in [0.29, 0.717) is 0 Å². The van der Waals surface area contributed by atoms with Gasteiger partial charge < -0.3 is 10.1 Å². The molecule has 0 unspecified atom stereocenters. The van der Waals surface area contributed by atoms with Crippen LogP contribution in [-0.4, -0.2) is 17.1 Å². The molecule has 1 heterocycles. The average Bonchev–Trinajstić information content (AvgIpc) is 2.73. The number of nitrogens with zero attached hydrogens (tertiary/aromatic N) is 2. The van der Waals surface area contributed by atoms with E-state index in [4.69, 9.17) is 4.74 Å². The van der Waals surface area contributed by atoms with Gasteiger partial charge >= 0.3 is 0 Å². The molecule has 0 bridgehead atoms. The first-order valence-corrected chi connectivity index (χ1v) is 8.50. The summed E-state index contributed by atoms with van der Waals surface area (Å²) in [6.45, 7) is 0. The van der Waals surface area contributed by atoms with Crippen molar-refractivity contribution in [3.63, 3.8) is 0 Å². The van der Waals surface area contributed by atoms with Gasteiger partial charge in [0.25, 0.3) is 0 Å². The van der Waals surface area contributed by atoms with Crippen molar-refractivity contribution in [3.05, 3.63) is 96.3 Å². The van der Waals surface area contributed by atoms with E-state index in [0.717, 1.165) is 28.0 Å². The maximum atomic E-state index is 5.29. The summed E-state index contributed by atoms with van der Waals surface area (Å²) < 4.78 is 5.29. The third-order valence-corrected chi connectivity index (χ3v) is 4.41. The van der Waals surface area contributed by atoms with E-state index in [2.05, 4.69) is 39.6 Å². The van der Waals surface area contributed by atoms with Crippen LogP contribution in [-0.2, 0) is 0 Å². The Morgan fingerprint density at radius 2 is 1.46 bits per heavy atom. The molecule has 0 aliphatic carbocycles. The van der Waals surface area contributed by atoms with Crippen LogP contribution in [0.1, 0.15) is 17.2 Å². The van der Waals surface area contributed by atoms with E-state index in [9.17, 15) is 0 Å². The molecule has 4 nitrogen and oxygen atoms in total. The van der Waals surface area contributed by atoms with Gasteiger partial charge in [-0.15, -0.1) is 0 Å². The summed E-state index contributed by atoms with van der Waals surface area (Å²) in [5.74, 6) is 1.66. The van der Waals surface area contributed by atoms with Crippen LogP contribution in [0.3, 0.4) is 0 Å². The summed E-state index contributed by atoms with van der Waals surface area (Å²) in [7, 11) is 1.68. The molecule has 0 aliphatic rings. The normalized spacial score (nSPS) is 11.9. The summed E-state index contributed by atoms with van der Waals surface area (Å²) >= 11 is 0. The number of fused-ring (bicyclic) bond motifs is 1. The molecule has 1 aromatic heterocycles. The molecule has 4 heteroatoms. The number of hydrogen-bond acceptors (Lipinski definition) is 4. The van der Waals surface area contributed by atoms with E-state index in [1.165, 1.54) is 5.56 Å². The summed E-state index contributed by atoms with van der Waals surface area (Å²) in [5.41, 5.74) is 3.23. The number of para-hydroxylation sites is 1. The smallest absolute Gasteiger partial charge is 0.138 e. The van der Waals surface area contributed by atoms with Gasteiger partial charge in [-0.2, -0.15) is 0 Å². The van der Waals surface area contributed by atoms with Crippen molar-refractivity contribution in [1.29, 1.82) is 0 Å². The Labute approximate surface area is 152 Å². The predicted molar refractivity (Wildman–Crippen MR) is 104 cm³/mol. The molecule has 0 radical (unpaired) electrons. The van der Waals surface area contributed by atoms with Crippen molar-refractivity contribution in [3.8, 4) is 5.75 Å². The van der Waals surface area contributed by atoms with Gasteiger partial charge in [-0.3, -0.25) is 0 Å². The van der Waals surface area contributed by atoms with Crippen LogP contribution in [0.4, 0.5) is 5.82 Å². The lowest BCUT2D eigenvalue weighted by Gasteiger charge is -2.21. The van der Waals surface area contributed by atoms with Crippen LogP contribution >= 0.6 is 0 Å². The van der Waals surface area contributed by atoms with Crippen molar-refractivity contribution >= 4 is 16.7 Å². The number of hydrogen-bond donors (Lipinski definition) is 1. The lowest BCUT2D eigenvalue weighted by molar-refractivity contribution is 0.414. The topological polar surface area (TPSA) is 47.0 Å². The Morgan fingerprint density at radius 3 is 2.23 bits per heavy atom. The second-order valence-electron chi connectivity index (χ2n) is 6.00. The second kappa shape index (κ2) is 7.23. The fraction of sp³-hybridized carbons (Fsp3) is 0.0909. The molecule has 3 aromatic carbocycles. The Balaban J connectivity index is 1.77. The van der Waals surface area contributed by atoms with Crippen molar-refractivity contribution in [2.24, 2.45) is 0 Å². The molecular formula is C22H19N3O. The highest BCUT2D eigenvalue weighted by Crippen LogP contribution is 2.29. The Bertz CT molecular complexity index is 995. The molecule has 0 saturated heterocycles. The molecule has 1 N–H and O–H groups in total. The lowest BCUT2D eigenvalue weighted by Crippen LogP contribution is -2.13. The minimum Gasteiger partial charge on any atom is -0.497 e. The summed E-state index contributed by atoms with van der Waals surface area (Å²) in [6, 6.07) is 26.4. The number of aromatic nitrogens is 2. The fourth-order valence-electron chi connectivity index (χ4n) is 3.06. The molecule has 0 aliphatic heterocycles. The third-order valence-electron chi connectivity index (χ3n) is 4.41. The third kappa shape index (κ3) is 3.22. The number of benzene rings is 3. The predicted octanol–water partition coefficient (Wildman–Crippen LogP) is 4.84. The summed E-state index contributed by atoms with van der Waals surface area (Å²) in [6.07, 6.45) is 1.60. The van der Waals surface area contributed by atoms with Gasteiger partial charge in [0.1, 0.15) is 17.9 Å². The number of anilines is 1. The molecule has 0 fully saturated rings. The van der Waals surface area contributed by atoms with Crippen LogP contribution in [0.5, 0.6) is 5.75 Å². The van der Waals surface area contributed by atoms with Crippen LogP contribution in [0.15, 0.2) is 85.2 Å². The Hall–Kier alpha value is -3.40. The highest BCUT2D eigenvalue weighted by molar-refractivity contribution is 5.88. The van der Waals surface area contributed by atoms with Gasteiger partial charge in [-0.1, -0.05) is 54.6 Å². The maximum absolute atomic E-state index is 5.29. The fourth-order valence-corrected chi connectivity index (χ4v) is 3.06. The van der Waals surface area contributed by atoms with E-state index in [1.807, 2.05) is 54.6 Å². The van der Waals surface area contributed by atoms with Crippen LogP contribution in [0, 0.1) is 0 Å². The first kappa shape index (κ1) is 16.1. The zero-order valence-corrected chi connectivity index (χ0v) is 14.5. The lowest BCUT2D eigenvalue weighted by atomic mass is 9.98. The molecular weight excluding hydrogens is 322 g/mol. The zero-order valence-electron chi connectivity index (χ0n) is 14.5. The summed E-state index contributed by atoms with van der Waals surface area (Å²) in [5, 5.41) is 4.60. The molecule has 0 amide bonds. The van der Waals surface area contributed by atoms with Gasteiger partial charge in [0.2, 0.25) is 0 Å². The number of rotatable bonds is 5. The molecule has 0 saturated carbocycles. The van der Waals surface area contributed by atoms with E-state index in [-0.39, 0.29) is 6.04 Å². The minimum absolute atomic E-state index is 0.0274. The molecule has 4 rings (SSSR count). The highest BCUT2D eigenvalue weighted by atomic mass is 16.5. The highest BCUT2D eigenvalue weighted by Gasteiger charge is 2.16. The molecule has 4 aromatic rings. The van der Waals surface area contributed by atoms with E-state index < -0.39 is 0 Å². The first-order valence-electron chi connectivity index (χ1n) is 8.50. The van der Waals surface area contributed by atoms with Gasteiger partial charge in [0.15, 0.2) is 0 Å². The van der Waals surface area contributed by atoms with Crippen LogP contribution in [0.25, 0.3) is 10.9 Å². The van der Waals surface area contributed by atoms with Crippen LogP contribution < -0.4 is 10.1 Å². The summed E-state index contributed by atoms with van der Waals surface area (Å²) in [4.78, 5) is 8.83. The van der Waals surface area contributed by atoms with E-state index in [1.54, 1.807) is 13.4 Å². The molecule has 1 atom stereocenters. The Kier molecular flexibility index (Phi) is 4.48. The molecule has 0 spiro atoms. The quantitative estimate of drug-likeness (QED) is 0.564. The number of ether oxygens (including phenoxy) is 1. The standard InChI is InChI=1S/C22H19N3O/c1-26-18-13-11-17(12-14-18)21(16-7-3-2-4-8-16)25-22-19-9-5-6-10-20(19)23-15-24-22/h2-15,21H,1H3,(H,23,24,25)/t21-/m1/s1. The number of methoxy groups -OCH3 is 1. The van der Waals surface area contributed by atoms with Gasteiger partial charge in [0.05, 0.1) is 18.7 Å². The maximum Gasteiger partial charge on any atom is 0.138 e. The average molecular weight is 341 g/mol. The van der Waals surface area contributed by atoms with Gasteiger partial charge in [-0.05, 0) is 35.4 Å². The molecule has 128 valence electrons. The van der Waals surface area contributed by atoms with Crippen molar-refractivity contribution in [2.75, 3.05) is 12.4 Å². The zero-order chi connectivity index (χ0) is 17.8.